The molecule has 0 aliphatic carbocycles. The van der Waals surface area contributed by atoms with Gasteiger partial charge in [-0.3, -0.25) is 14.9 Å². The van der Waals surface area contributed by atoms with Crippen molar-refractivity contribution in [2.45, 2.75) is 0 Å². The minimum Gasteiger partial charge on any atom is -0.508 e. The molecule has 1 heterocycles. The Morgan fingerprint density at radius 3 is 2.70 bits per heavy atom. The number of phenolic OH excluding ortho intramolecular Hbond substituents is 1. The second kappa shape index (κ2) is 4.96. The number of thioether (sulfide) groups is 1. The summed E-state index contributed by atoms with van der Waals surface area (Å²) in [4.78, 5) is 23.0. The van der Waals surface area contributed by atoms with Gasteiger partial charge in [-0.05, 0) is 68.3 Å². The average molecular weight is 350 g/mol. The summed E-state index contributed by atoms with van der Waals surface area (Å²) in [6.45, 7) is 0. The van der Waals surface area contributed by atoms with Crippen LogP contribution in [0.2, 0.25) is 0 Å². The van der Waals surface area contributed by atoms with Gasteiger partial charge in [0.15, 0.2) is 0 Å². The molecule has 0 spiro atoms. The molecule has 2 amide bonds. The van der Waals surface area contributed by atoms with Crippen LogP contribution in [0.25, 0.3) is 16.8 Å². The molecule has 3 rings (SSSR count). The molecule has 0 radical (unpaired) electrons. The topological polar surface area (TPSA) is 66.4 Å². The predicted octanol–water partition coefficient (Wildman–Crippen LogP) is 3.63. The van der Waals surface area contributed by atoms with E-state index in [1.165, 1.54) is 0 Å². The number of aromatic hydroxyl groups is 1. The number of halogens is 1. The van der Waals surface area contributed by atoms with Crippen molar-refractivity contribution >= 4 is 55.7 Å². The first kappa shape index (κ1) is 13.2. The van der Waals surface area contributed by atoms with Gasteiger partial charge in [-0.1, -0.05) is 12.1 Å². The van der Waals surface area contributed by atoms with Crippen LogP contribution in [0.15, 0.2) is 39.7 Å². The molecule has 2 N–H and O–H groups in total. The first-order chi connectivity index (χ1) is 9.54. The van der Waals surface area contributed by atoms with Crippen LogP contribution in [0, 0.1) is 0 Å². The van der Waals surface area contributed by atoms with Crippen LogP contribution in [0.1, 0.15) is 5.56 Å². The maximum absolute atomic E-state index is 11.5. The lowest BCUT2D eigenvalue weighted by molar-refractivity contribution is -0.115. The number of benzene rings is 2. The fourth-order valence-electron chi connectivity index (χ4n) is 1.97. The molecule has 0 atom stereocenters. The van der Waals surface area contributed by atoms with Gasteiger partial charge in [0, 0.05) is 4.47 Å². The molecule has 20 heavy (non-hydrogen) atoms. The molecule has 2 aromatic rings. The number of amides is 2. The van der Waals surface area contributed by atoms with Crippen LogP contribution in [0.5, 0.6) is 5.75 Å². The average Bonchev–Trinajstić information content (AvgIpc) is 2.71. The smallest absolute Gasteiger partial charge is 0.290 e. The highest BCUT2D eigenvalue weighted by Crippen LogP contribution is 2.33. The molecule has 1 aliphatic rings. The zero-order valence-corrected chi connectivity index (χ0v) is 12.4. The molecule has 100 valence electrons. The largest absolute Gasteiger partial charge is 0.508 e. The summed E-state index contributed by atoms with van der Waals surface area (Å²) in [6.07, 6.45) is 1.67. The van der Waals surface area contributed by atoms with E-state index in [1.807, 2.05) is 12.1 Å². The summed E-state index contributed by atoms with van der Waals surface area (Å²) in [5.74, 6) is -0.176. The van der Waals surface area contributed by atoms with Gasteiger partial charge in [0.2, 0.25) is 0 Å². The van der Waals surface area contributed by atoms with Crippen LogP contribution < -0.4 is 5.32 Å². The van der Waals surface area contributed by atoms with E-state index in [-0.39, 0.29) is 16.9 Å². The predicted molar refractivity (Wildman–Crippen MR) is 82.4 cm³/mol. The van der Waals surface area contributed by atoms with Crippen molar-refractivity contribution in [3.05, 3.63) is 45.3 Å². The number of carbonyl (C=O) groups excluding carboxylic acids is 2. The lowest BCUT2D eigenvalue weighted by atomic mass is 10.1. The van der Waals surface area contributed by atoms with Gasteiger partial charge < -0.3 is 5.11 Å². The minimum atomic E-state index is -0.377. The number of fused-ring (bicyclic) bond motifs is 1. The summed E-state index contributed by atoms with van der Waals surface area (Å²) in [5, 5.41) is 13.1. The molecular weight excluding hydrogens is 342 g/mol. The third kappa shape index (κ3) is 2.32. The quantitative estimate of drug-likeness (QED) is 0.771. The summed E-state index contributed by atoms with van der Waals surface area (Å²) in [5.41, 5.74) is 0.801. The van der Waals surface area contributed by atoms with Crippen LogP contribution in [-0.2, 0) is 4.79 Å². The molecule has 2 aromatic carbocycles. The number of hydrogen-bond acceptors (Lipinski definition) is 4. The molecular formula is C14H8BrNO3S. The second-order valence-electron chi connectivity index (χ2n) is 4.23. The zero-order chi connectivity index (χ0) is 14.3. The summed E-state index contributed by atoms with van der Waals surface area (Å²) < 4.78 is 0.815. The van der Waals surface area contributed by atoms with Crippen LogP contribution in [0.3, 0.4) is 0 Å². The number of rotatable bonds is 1. The van der Waals surface area contributed by atoms with E-state index in [4.69, 9.17) is 0 Å². The molecule has 6 heteroatoms. The number of imide groups is 1. The fraction of sp³-hybridized carbons (Fsp3) is 0. The van der Waals surface area contributed by atoms with Gasteiger partial charge in [0.25, 0.3) is 11.1 Å². The Morgan fingerprint density at radius 2 is 2.00 bits per heavy atom. The molecule has 1 saturated heterocycles. The highest BCUT2D eigenvalue weighted by atomic mass is 79.9. The van der Waals surface area contributed by atoms with Crippen molar-refractivity contribution in [3.63, 3.8) is 0 Å². The normalized spacial score (nSPS) is 16.9. The summed E-state index contributed by atoms with van der Waals surface area (Å²) in [7, 11) is 0. The van der Waals surface area contributed by atoms with Crippen molar-refractivity contribution in [2.24, 2.45) is 0 Å². The Balaban J connectivity index is 2.11. The van der Waals surface area contributed by atoms with Gasteiger partial charge in [-0.15, -0.1) is 0 Å². The molecule has 1 fully saturated rings. The highest BCUT2D eigenvalue weighted by Gasteiger charge is 2.25. The van der Waals surface area contributed by atoms with Crippen LogP contribution in [0.4, 0.5) is 4.79 Å². The van der Waals surface area contributed by atoms with Gasteiger partial charge >= 0.3 is 0 Å². The number of carbonyl (C=O) groups is 2. The maximum Gasteiger partial charge on any atom is 0.290 e. The van der Waals surface area contributed by atoms with E-state index in [2.05, 4.69) is 21.2 Å². The van der Waals surface area contributed by atoms with Gasteiger partial charge in [0.1, 0.15) is 5.75 Å². The van der Waals surface area contributed by atoms with E-state index in [0.29, 0.717) is 4.91 Å². The Morgan fingerprint density at radius 1 is 1.20 bits per heavy atom. The number of hydrogen-bond donors (Lipinski definition) is 2. The second-order valence-corrected chi connectivity index (χ2v) is 6.03. The van der Waals surface area contributed by atoms with E-state index in [9.17, 15) is 14.7 Å². The van der Waals surface area contributed by atoms with Crippen molar-refractivity contribution in [2.75, 3.05) is 0 Å². The molecule has 0 aromatic heterocycles. The van der Waals surface area contributed by atoms with Gasteiger partial charge in [0.05, 0.1) is 4.91 Å². The SMILES string of the molecule is O=C1NC(=O)/C(=C/c2ccc3cc(O)ccc3c2Br)S1. The first-order valence-corrected chi connectivity index (χ1v) is 7.31. The van der Waals surface area contributed by atoms with Crippen molar-refractivity contribution in [3.8, 4) is 5.75 Å². The van der Waals surface area contributed by atoms with E-state index in [1.54, 1.807) is 24.3 Å². The van der Waals surface area contributed by atoms with Crippen molar-refractivity contribution < 1.29 is 14.7 Å². The molecule has 4 nitrogen and oxygen atoms in total. The van der Waals surface area contributed by atoms with E-state index >= 15 is 0 Å². The Labute approximate surface area is 127 Å². The third-order valence-corrected chi connectivity index (χ3v) is 4.59. The zero-order valence-electron chi connectivity index (χ0n) is 10.0. The minimum absolute atomic E-state index is 0.201. The van der Waals surface area contributed by atoms with Crippen LogP contribution >= 0.6 is 27.7 Å². The lowest BCUT2D eigenvalue weighted by Crippen LogP contribution is -2.17. The molecule has 0 saturated carbocycles. The molecule has 0 unspecified atom stereocenters. The van der Waals surface area contributed by atoms with E-state index < -0.39 is 0 Å². The molecule has 1 aliphatic heterocycles. The standard InChI is InChI=1S/C14H8BrNO3S/c15-12-8(6-11-13(18)16-14(19)20-11)2-1-7-5-9(17)3-4-10(7)12/h1-6,17H,(H,16,18,19)/b11-6-. The number of phenols is 1. The Bertz CT molecular complexity index is 785. The van der Waals surface area contributed by atoms with Gasteiger partial charge in [-0.2, -0.15) is 0 Å². The third-order valence-electron chi connectivity index (χ3n) is 2.90. The van der Waals surface area contributed by atoms with Gasteiger partial charge in [-0.25, -0.2) is 0 Å². The van der Waals surface area contributed by atoms with Crippen LogP contribution in [-0.4, -0.2) is 16.3 Å². The maximum atomic E-state index is 11.5. The highest BCUT2D eigenvalue weighted by molar-refractivity contribution is 9.10. The first-order valence-electron chi connectivity index (χ1n) is 5.71. The summed E-state index contributed by atoms with van der Waals surface area (Å²) in [6, 6.07) is 8.74. The van der Waals surface area contributed by atoms with E-state index in [0.717, 1.165) is 32.6 Å². The summed E-state index contributed by atoms with van der Waals surface area (Å²) >= 11 is 4.38. The fourth-order valence-corrected chi connectivity index (χ4v) is 3.25. The number of nitrogens with one attached hydrogen (secondary N) is 1. The monoisotopic (exact) mass is 349 g/mol. The lowest BCUT2D eigenvalue weighted by Gasteiger charge is -2.05. The van der Waals surface area contributed by atoms with Crippen molar-refractivity contribution in [1.82, 2.24) is 5.32 Å². The Kier molecular flexibility index (Phi) is 3.27. The van der Waals surface area contributed by atoms with Crippen molar-refractivity contribution in [1.29, 1.82) is 0 Å². The Hall–Kier alpha value is -1.79. The molecule has 0 bridgehead atoms.